The van der Waals surface area contributed by atoms with Crippen LogP contribution in [0.5, 0.6) is 0 Å². The molecule has 158 valence electrons. The zero-order valence-electron chi connectivity index (χ0n) is 17.4. The van der Waals surface area contributed by atoms with E-state index >= 15 is 0 Å². The van der Waals surface area contributed by atoms with E-state index in [1.165, 1.54) is 0 Å². The number of hydrogen-bond donors (Lipinski definition) is 2. The lowest BCUT2D eigenvalue weighted by molar-refractivity contribution is -0.191. The Morgan fingerprint density at radius 1 is 1.26 bits per heavy atom. The predicted molar refractivity (Wildman–Crippen MR) is 118 cm³/mol. The number of aliphatic imine (C=N–C) groups is 1. The summed E-state index contributed by atoms with van der Waals surface area (Å²) in [6.07, 6.45) is 4.30. The number of halogens is 1. The van der Waals surface area contributed by atoms with Crippen molar-refractivity contribution in [3.05, 3.63) is 0 Å². The first-order valence-corrected chi connectivity index (χ1v) is 9.84. The molecule has 1 amide bonds. The van der Waals surface area contributed by atoms with E-state index in [4.69, 9.17) is 9.47 Å². The van der Waals surface area contributed by atoms with Gasteiger partial charge in [0, 0.05) is 40.0 Å². The fraction of sp³-hybridized carbons (Fsp3) is 0.895. The molecular weight excluding hydrogens is 459 g/mol. The second-order valence-electron chi connectivity index (χ2n) is 8.25. The maximum atomic E-state index is 11.8. The minimum Gasteiger partial charge on any atom is -0.356 e. The lowest BCUT2D eigenvalue weighted by Crippen LogP contribution is -2.44. The van der Waals surface area contributed by atoms with Gasteiger partial charge in [-0.05, 0) is 24.7 Å². The largest absolute Gasteiger partial charge is 0.356 e. The standard InChI is InChI=1S/C19H36N4O3.HI/c1-14(2)10-20-18(22-12-17(24)23(4)5)21-11-16-13-25-19(26-16)8-6-15(3)7-9-19;/h14-16H,6-13H2,1-5H3,(H2,20,21,22);1H. The number of hydrogen-bond acceptors (Lipinski definition) is 4. The Morgan fingerprint density at radius 3 is 2.52 bits per heavy atom. The fourth-order valence-corrected chi connectivity index (χ4v) is 3.16. The van der Waals surface area contributed by atoms with Gasteiger partial charge in [0.1, 0.15) is 12.6 Å². The molecule has 7 nitrogen and oxygen atoms in total. The molecular formula is C19H37IN4O3. The molecule has 1 aliphatic heterocycles. The number of carbonyl (C=O) groups excluding carboxylic acids is 1. The van der Waals surface area contributed by atoms with E-state index in [1.807, 2.05) is 0 Å². The quantitative estimate of drug-likeness (QED) is 0.335. The average molecular weight is 496 g/mol. The van der Waals surface area contributed by atoms with E-state index < -0.39 is 0 Å². The summed E-state index contributed by atoms with van der Waals surface area (Å²) in [4.78, 5) is 17.7. The van der Waals surface area contributed by atoms with Crippen LogP contribution in [0.15, 0.2) is 4.99 Å². The van der Waals surface area contributed by atoms with Crippen LogP contribution in [0.25, 0.3) is 0 Å². The topological polar surface area (TPSA) is 75.2 Å². The maximum Gasteiger partial charge on any atom is 0.243 e. The van der Waals surface area contributed by atoms with Gasteiger partial charge in [-0.2, -0.15) is 0 Å². The van der Waals surface area contributed by atoms with Gasteiger partial charge < -0.3 is 25.0 Å². The predicted octanol–water partition coefficient (Wildman–Crippen LogP) is 2.21. The van der Waals surface area contributed by atoms with Crippen molar-refractivity contribution < 1.29 is 14.3 Å². The van der Waals surface area contributed by atoms with Crippen LogP contribution in [-0.4, -0.2) is 69.0 Å². The van der Waals surface area contributed by atoms with Crippen molar-refractivity contribution in [3.8, 4) is 0 Å². The summed E-state index contributed by atoms with van der Waals surface area (Å²) in [5.74, 6) is 1.51. The Hall–Kier alpha value is -0.610. The van der Waals surface area contributed by atoms with Gasteiger partial charge in [0.05, 0.1) is 6.61 Å². The molecule has 0 bridgehead atoms. The molecule has 0 radical (unpaired) electrons. The highest BCUT2D eigenvalue weighted by Crippen LogP contribution is 2.39. The van der Waals surface area contributed by atoms with Gasteiger partial charge in [0.2, 0.25) is 5.91 Å². The van der Waals surface area contributed by atoms with E-state index in [1.54, 1.807) is 19.0 Å². The second-order valence-corrected chi connectivity index (χ2v) is 8.25. The minimum absolute atomic E-state index is 0. The van der Waals surface area contributed by atoms with Gasteiger partial charge in [0.25, 0.3) is 0 Å². The highest BCUT2D eigenvalue weighted by Gasteiger charge is 2.43. The van der Waals surface area contributed by atoms with Crippen LogP contribution >= 0.6 is 24.0 Å². The molecule has 0 aromatic carbocycles. The lowest BCUT2D eigenvalue weighted by atomic mass is 9.86. The maximum absolute atomic E-state index is 11.8. The molecule has 0 aromatic rings. The van der Waals surface area contributed by atoms with E-state index in [2.05, 4.69) is 36.4 Å². The summed E-state index contributed by atoms with van der Waals surface area (Å²) < 4.78 is 12.3. The summed E-state index contributed by atoms with van der Waals surface area (Å²) in [5, 5.41) is 6.59. The summed E-state index contributed by atoms with van der Waals surface area (Å²) in [6.45, 7) is 8.72. The average Bonchev–Trinajstić information content (AvgIpc) is 2.99. The molecule has 1 aliphatic carbocycles. The van der Waals surface area contributed by atoms with Crippen LogP contribution in [0.3, 0.4) is 0 Å². The zero-order chi connectivity index (χ0) is 19.2. The van der Waals surface area contributed by atoms with Crippen LogP contribution < -0.4 is 10.6 Å². The van der Waals surface area contributed by atoms with Crippen LogP contribution in [0.4, 0.5) is 0 Å². The van der Waals surface area contributed by atoms with Crippen molar-refractivity contribution in [2.24, 2.45) is 16.8 Å². The van der Waals surface area contributed by atoms with Crippen LogP contribution in [0.1, 0.15) is 46.5 Å². The van der Waals surface area contributed by atoms with Crippen LogP contribution in [0, 0.1) is 11.8 Å². The molecule has 1 atom stereocenters. The highest BCUT2D eigenvalue weighted by atomic mass is 127. The van der Waals surface area contributed by atoms with Crippen molar-refractivity contribution in [2.75, 3.05) is 40.3 Å². The van der Waals surface area contributed by atoms with Crippen molar-refractivity contribution in [1.29, 1.82) is 0 Å². The molecule has 2 aliphatic rings. The van der Waals surface area contributed by atoms with Gasteiger partial charge in [-0.15, -0.1) is 24.0 Å². The zero-order valence-corrected chi connectivity index (χ0v) is 19.7. The third-order valence-electron chi connectivity index (χ3n) is 5.00. The number of nitrogens with one attached hydrogen (secondary N) is 2. The Labute approximate surface area is 181 Å². The monoisotopic (exact) mass is 496 g/mol. The molecule has 1 heterocycles. The smallest absolute Gasteiger partial charge is 0.243 e. The number of guanidine groups is 1. The van der Waals surface area contributed by atoms with Gasteiger partial charge in [-0.25, -0.2) is 4.99 Å². The molecule has 2 N–H and O–H groups in total. The summed E-state index contributed by atoms with van der Waals surface area (Å²) >= 11 is 0. The minimum atomic E-state index is -0.373. The summed E-state index contributed by atoms with van der Waals surface area (Å²) in [5.41, 5.74) is 0. The molecule has 27 heavy (non-hydrogen) atoms. The third kappa shape index (κ3) is 8.11. The number of carbonyl (C=O) groups is 1. The highest BCUT2D eigenvalue weighted by molar-refractivity contribution is 14.0. The molecule has 0 aromatic heterocycles. The van der Waals surface area contributed by atoms with E-state index in [0.29, 0.717) is 25.0 Å². The molecule has 1 spiro atoms. The van der Waals surface area contributed by atoms with Gasteiger partial charge in [0.15, 0.2) is 11.7 Å². The van der Waals surface area contributed by atoms with Crippen molar-refractivity contribution >= 4 is 35.8 Å². The van der Waals surface area contributed by atoms with E-state index in [0.717, 1.165) is 38.1 Å². The molecule has 1 saturated heterocycles. The fourth-order valence-electron chi connectivity index (χ4n) is 3.16. The lowest BCUT2D eigenvalue weighted by Gasteiger charge is -2.34. The van der Waals surface area contributed by atoms with Gasteiger partial charge in [-0.3, -0.25) is 4.79 Å². The first-order chi connectivity index (χ1) is 12.3. The number of ether oxygens (including phenoxy) is 2. The summed E-state index contributed by atoms with van der Waals surface area (Å²) in [7, 11) is 3.47. The molecule has 1 unspecified atom stereocenters. The Bertz CT molecular complexity index is 491. The Balaban J connectivity index is 0.00000364. The second kappa shape index (κ2) is 11.4. The third-order valence-corrected chi connectivity index (χ3v) is 5.00. The van der Waals surface area contributed by atoms with Crippen molar-refractivity contribution in [1.82, 2.24) is 15.5 Å². The SMILES string of the molecule is CC(C)CNC(=NCC(=O)N(C)C)NCC1COC2(CCC(C)CC2)O1.I. The first-order valence-electron chi connectivity index (χ1n) is 9.84. The summed E-state index contributed by atoms with van der Waals surface area (Å²) in [6, 6.07) is 0. The van der Waals surface area contributed by atoms with Crippen molar-refractivity contribution in [2.45, 2.75) is 58.3 Å². The molecule has 8 heteroatoms. The van der Waals surface area contributed by atoms with Crippen molar-refractivity contribution in [3.63, 3.8) is 0 Å². The number of likely N-dealkylation sites (N-methyl/N-ethyl adjacent to an activating group) is 1. The molecule has 1 saturated carbocycles. The number of amides is 1. The number of rotatable bonds is 6. The van der Waals surface area contributed by atoms with Crippen LogP contribution in [0.2, 0.25) is 0 Å². The Morgan fingerprint density at radius 2 is 1.93 bits per heavy atom. The van der Waals surface area contributed by atoms with Gasteiger partial charge >= 0.3 is 0 Å². The van der Waals surface area contributed by atoms with Gasteiger partial charge in [-0.1, -0.05) is 20.8 Å². The molecule has 2 fully saturated rings. The van der Waals surface area contributed by atoms with E-state index in [-0.39, 0.29) is 48.3 Å². The van der Waals surface area contributed by atoms with E-state index in [9.17, 15) is 4.79 Å². The van der Waals surface area contributed by atoms with Crippen LogP contribution in [-0.2, 0) is 14.3 Å². The Kier molecular flexibility index (Phi) is 10.3. The normalized spacial score (nSPS) is 28.1. The molecule has 2 rings (SSSR count). The number of nitrogens with zero attached hydrogens (tertiary/aromatic N) is 2. The first kappa shape index (κ1) is 24.4.